The van der Waals surface area contributed by atoms with Gasteiger partial charge < -0.3 is 4.52 Å². The minimum absolute atomic E-state index is 0.0905. The number of benzene rings is 1. The highest BCUT2D eigenvalue weighted by Gasteiger charge is 2.38. The largest absolute Gasteiger partial charge is 0.337 e. The van der Waals surface area contributed by atoms with Crippen LogP contribution in [0.5, 0.6) is 0 Å². The van der Waals surface area contributed by atoms with Crippen molar-refractivity contribution in [3.05, 3.63) is 40.0 Å². The SMILES string of the molecule is CCc1noc(CN2C(=O)C(=O)c3cccc(Br)c32)n1. The number of aryl methyl sites for hydroxylation is 1. The molecule has 1 aliphatic heterocycles. The number of ketones is 1. The molecule has 0 saturated heterocycles. The van der Waals surface area contributed by atoms with Gasteiger partial charge in [-0.25, -0.2) is 0 Å². The van der Waals surface area contributed by atoms with E-state index in [4.69, 9.17) is 4.52 Å². The van der Waals surface area contributed by atoms with Gasteiger partial charge in [0.25, 0.3) is 11.7 Å². The number of Topliss-reactive ketones (excluding diaryl/α,β-unsaturated/α-hetero) is 1. The number of fused-ring (bicyclic) bond motifs is 1. The summed E-state index contributed by atoms with van der Waals surface area (Å²) >= 11 is 3.36. The molecule has 0 atom stereocenters. The van der Waals surface area contributed by atoms with Gasteiger partial charge in [0.2, 0.25) is 5.89 Å². The van der Waals surface area contributed by atoms with Gasteiger partial charge >= 0.3 is 0 Å². The highest BCUT2D eigenvalue weighted by atomic mass is 79.9. The molecular formula is C13H10BrN3O3. The molecule has 0 spiro atoms. The monoisotopic (exact) mass is 335 g/mol. The summed E-state index contributed by atoms with van der Waals surface area (Å²) in [5, 5.41) is 3.78. The molecule has 102 valence electrons. The lowest BCUT2D eigenvalue weighted by molar-refractivity contribution is -0.114. The van der Waals surface area contributed by atoms with E-state index in [2.05, 4.69) is 26.1 Å². The number of amides is 1. The molecule has 20 heavy (non-hydrogen) atoms. The zero-order valence-electron chi connectivity index (χ0n) is 10.6. The Labute approximate surface area is 122 Å². The zero-order chi connectivity index (χ0) is 14.3. The Morgan fingerprint density at radius 1 is 1.35 bits per heavy atom. The number of hydrogen-bond acceptors (Lipinski definition) is 5. The van der Waals surface area contributed by atoms with Gasteiger partial charge in [0.15, 0.2) is 5.82 Å². The molecule has 6 nitrogen and oxygen atoms in total. The molecule has 7 heteroatoms. The molecule has 1 aromatic heterocycles. The van der Waals surface area contributed by atoms with Crippen LogP contribution < -0.4 is 4.90 Å². The molecule has 0 radical (unpaired) electrons. The normalized spacial score (nSPS) is 14.0. The summed E-state index contributed by atoms with van der Waals surface area (Å²) < 4.78 is 5.76. The topological polar surface area (TPSA) is 76.3 Å². The standard InChI is InChI=1S/C13H10BrN3O3/c1-2-9-15-10(20-16-9)6-17-11-7(12(18)13(17)19)4-3-5-8(11)14/h3-5H,2,6H2,1H3. The number of para-hydroxylation sites is 1. The van der Waals surface area contributed by atoms with Crippen LogP contribution in [0.3, 0.4) is 0 Å². The van der Waals surface area contributed by atoms with E-state index in [9.17, 15) is 9.59 Å². The van der Waals surface area contributed by atoms with Crippen LogP contribution >= 0.6 is 15.9 Å². The van der Waals surface area contributed by atoms with E-state index < -0.39 is 11.7 Å². The second-order valence-electron chi connectivity index (χ2n) is 4.31. The van der Waals surface area contributed by atoms with Crippen molar-refractivity contribution in [1.82, 2.24) is 10.1 Å². The van der Waals surface area contributed by atoms with Crippen LogP contribution in [0.2, 0.25) is 0 Å². The number of carbonyl (C=O) groups excluding carboxylic acids is 2. The Bertz CT molecular complexity index is 711. The van der Waals surface area contributed by atoms with Gasteiger partial charge in [-0.15, -0.1) is 0 Å². The molecule has 1 amide bonds. The molecule has 0 fully saturated rings. The summed E-state index contributed by atoms with van der Waals surface area (Å²) in [6.45, 7) is 2.00. The molecular weight excluding hydrogens is 326 g/mol. The van der Waals surface area contributed by atoms with Crippen LogP contribution in [-0.2, 0) is 17.8 Å². The molecule has 2 aromatic rings. The fourth-order valence-corrected chi connectivity index (χ4v) is 2.68. The van der Waals surface area contributed by atoms with Crippen LogP contribution in [0.25, 0.3) is 0 Å². The maximum Gasteiger partial charge on any atom is 0.299 e. The average molecular weight is 336 g/mol. The van der Waals surface area contributed by atoms with E-state index in [1.165, 1.54) is 4.90 Å². The van der Waals surface area contributed by atoms with E-state index in [0.29, 0.717) is 33.9 Å². The van der Waals surface area contributed by atoms with Gasteiger partial charge in [-0.2, -0.15) is 4.98 Å². The molecule has 0 saturated carbocycles. The lowest BCUT2D eigenvalue weighted by atomic mass is 10.1. The number of rotatable bonds is 3. The van der Waals surface area contributed by atoms with Gasteiger partial charge in [-0.05, 0) is 28.1 Å². The minimum atomic E-state index is -0.580. The number of carbonyl (C=O) groups is 2. The van der Waals surface area contributed by atoms with Crippen LogP contribution in [0.4, 0.5) is 5.69 Å². The highest BCUT2D eigenvalue weighted by molar-refractivity contribution is 9.10. The predicted octanol–water partition coefficient (Wildman–Crippen LogP) is 2.12. The molecule has 0 aliphatic carbocycles. The van der Waals surface area contributed by atoms with Crippen LogP contribution in [0.1, 0.15) is 29.0 Å². The van der Waals surface area contributed by atoms with Gasteiger partial charge in [0.05, 0.1) is 11.3 Å². The fourth-order valence-electron chi connectivity index (χ4n) is 2.10. The Hall–Kier alpha value is -2.02. The van der Waals surface area contributed by atoms with E-state index in [0.717, 1.165) is 0 Å². The Morgan fingerprint density at radius 3 is 2.85 bits per heavy atom. The summed E-state index contributed by atoms with van der Waals surface area (Å²) in [5.41, 5.74) is 0.943. The molecule has 3 rings (SSSR count). The van der Waals surface area contributed by atoms with E-state index in [-0.39, 0.29) is 6.54 Å². The predicted molar refractivity (Wildman–Crippen MR) is 73.3 cm³/mol. The maximum absolute atomic E-state index is 12.1. The van der Waals surface area contributed by atoms with Crippen molar-refractivity contribution in [3.8, 4) is 0 Å². The third kappa shape index (κ3) is 1.94. The first-order valence-electron chi connectivity index (χ1n) is 6.08. The number of halogens is 1. The van der Waals surface area contributed by atoms with Crippen LogP contribution in [0.15, 0.2) is 27.2 Å². The van der Waals surface area contributed by atoms with Gasteiger partial charge in [0.1, 0.15) is 6.54 Å². The maximum atomic E-state index is 12.1. The Kier molecular flexibility index (Phi) is 3.13. The smallest absolute Gasteiger partial charge is 0.299 e. The summed E-state index contributed by atoms with van der Waals surface area (Å²) in [5.74, 6) is -0.211. The van der Waals surface area contributed by atoms with Crippen molar-refractivity contribution in [3.63, 3.8) is 0 Å². The van der Waals surface area contributed by atoms with Crippen LogP contribution in [-0.4, -0.2) is 21.8 Å². The molecule has 2 heterocycles. The van der Waals surface area contributed by atoms with Gasteiger partial charge in [-0.3, -0.25) is 14.5 Å². The third-order valence-electron chi connectivity index (χ3n) is 3.06. The van der Waals surface area contributed by atoms with Crippen molar-refractivity contribution >= 4 is 33.3 Å². The minimum Gasteiger partial charge on any atom is -0.337 e. The van der Waals surface area contributed by atoms with E-state index in [1.54, 1.807) is 18.2 Å². The molecule has 1 aromatic carbocycles. The molecule has 0 bridgehead atoms. The van der Waals surface area contributed by atoms with Crippen molar-refractivity contribution in [2.75, 3.05) is 4.90 Å². The zero-order valence-corrected chi connectivity index (χ0v) is 12.2. The van der Waals surface area contributed by atoms with Gasteiger partial charge in [-0.1, -0.05) is 18.1 Å². The van der Waals surface area contributed by atoms with Crippen molar-refractivity contribution < 1.29 is 14.1 Å². The first kappa shape index (κ1) is 13.0. The van der Waals surface area contributed by atoms with Crippen molar-refractivity contribution in [2.24, 2.45) is 0 Å². The van der Waals surface area contributed by atoms with Gasteiger partial charge in [0, 0.05) is 10.9 Å². The number of nitrogens with zero attached hydrogens (tertiary/aromatic N) is 3. The van der Waals surface area contributed by atoms with E-state index >= 15 is 0 Å². The lowest BCUT2D eigenvalue weighted by Gasteiger charge is -2.15. The Morgan fingerprint density at radius 2 is 2.15 bits per heavy atom. The summed E-state index contributed by atoms with van der Waals surface area (Å²) in [7, 11) is 0. The lowest BCUT2D eigenvalue weighted by Crippen LogP contribution is -2.29. The summed E-state index contributed by atoms with van der Waals surface area (Å²) in [6.07, 6.45) is 0.649. The molecule has 1 aliphatic rings. The second kappa shape index (κ2) is 4.82. The molecule has 0 N–H and O–H groups in total. The number of hydrogen-bond donors (Lipinski definition) is 0. The van der Waals surface area contributed by atoms with E-state index in [1.807, 2.05) is 6.92 Å². The third-order valence-corrected chi connectivity index (χ3v) is 3.70. The second-order valence-corrected chi connectivity index (χ2v) is 5.17. The quantitative estimate of drug-likeness (QED) is 0.803. The number of anilines is 1. The van der Waals surface area contributed by atoms with Crippen molar-refractivity contribution in [1.29, 1.82) is 0 Å². The highest BCUT2D eigenvalue weighted by Crippen LogP contribution is 2.36. The molecule has 0 unspecified atom stereocenters. The average Bonchev–Trinajstić information content (AvgIpc) is 2.99. The Balaban J connectivity index is 1.98. The first-order chi connectivity index (χ1) is 9.61. The fraction of sp³-hybridized carbons (Fsp3) is 0.231. The first-order valence-corrected chi connectivity index (χ1v) is 6.87. The summed E-state index contributed by atoms with van der Waals surface area (Å²) in [4.78, 5) is 29.5. The summed E-state index contributed by atoms with van der Waals surface area (Å²) in [6, 6.07) is 5.13. The van der Waals surface area contributed by atoms with Crippen molar-refractivity contribution in [2.45, 2.75) is 19.9 Å². The number of aromatic nitrogens is 2. The van der Waals surface area contributed by atoms with Crippen LogP contribution in [0, 0.1) is 0 Å².